The number of Topliss-reactive ketones (excluding diaryl/α,β-unsaturated/α-hetero) is 1. The van der Waals surface area contributed by atoms with Crippen molar-refractivity contribution in [1.29, 1.82) is 0 Å². The zero-order valence-electron chi connectivity index (χ0n) is 9.83. The monoisotopic (exact) mass is 251 g/mol. The van der Waals surface area contributed by atoms with Gasteiger partial charge in [-0.15, -0.1) is 0 Å². The predicted molar refractivity (Wildman–Crippen MR) is 63.5 cm³/mol. The number of nitrogens with zero attached hydrogens (tertiary/aromatic N) is 1. The largest absolute Gasteiger partial charge is 0.481 e. The number of carboxylic acid groups (broad SMARTS) is 1. The van der Waals surface area contributed by atoms with Gasteiger partial charge in [0, 0.05) is 24.1 Å². The van der Waals surface area contributed by atoms with Crippen molar-refractivity contribution in [2.75, 3.05) is 0 Å². The van der Waals surface area contributed by atoms with Crippen LogP contribution in [0.15, 0.2) is 24.3 Å². The molecule has 96 valence electrons. The van der Waals surface area contributed by atoms with Crippen molar-refractivity contribution in [1.82, 2.24) is 0 Å². The second-order valence-corrected chi connectivity index (χ2v) is 3.88. The first kappa shape index (κ1) is 13.8. The number of non-ortho nitro benzene ring substituents is 1. The van der Waals surface area contributed by atoms with Gasteiger partial charge in [-0.3, -0.25) is 19.7 Å². The van der Waals surface area contributed by atoms with E-state index in [1.54, 1.807) is 6.92 Å². The van der Waals surface area contributed by atoms with Crippen LogP contribution in [-0.2, 0) is 4.79 Å². The molecule has 18 heavy (non-hydrogen) atoms. The van der Waals surface area contributed by atoms with Gasteiger partial charge in [0.2, 0.25) is 0 Å². The van der Waals surface area contributed by atoms with Crippen molar-refractivity contribution in [3.05, 3.63) is 39.9 Å². The van der Waals surface area contributed by atoms with Crippen molar-refractivity contribution in [3.63, 3.8) is 0 Å². The topological polar surface area (TPSA) is 97.5 Å². The molecule has 0 spiro atoms. The van der Waals surface area contributed by atoms with E-state index in [2.05, 4.69) is 0 Å². The van der Waals surface area contributed by atoms with Crippen LogP contribution in [0.3, 0.4) is 0 Å². The van der Waals surface area contributed by atoms with Crippen molar-refractivity contribution in [3.8, 4) is 0 Å². The molecule has 0 aliphatic carbocycles. The molecular weight excluding hydrogens is 238 g/mol. The van der Waals surface area contributed by atoms with Gasteiger partial charge in [0.05, 0.1) is 10.8 Å². The van der Waals surface area contributed by atoms with E-state index in [1.165, 1.54) is 18.2 Å². The Bertz CT molecular complexity index is 483. The minimum absolute atomic E-state index is 0.146. The summed E-state index contributed by atoms with van der Waals surface area (Å²) < 4.78 is 0. The summed E-state index contributed by atoms with van der Waals surface area (Å²) in [4.78, 5) is 32.6. The van der Waals surface area contributed by atoms with E-state index in [4.69, 9.17) is 5.11 Å². The number of carboxylic acids is 1. The van der Waals surface area contributed by atoms with Crippen molar-refractivity contribution in [2.24, 2.45) is 5.92 Å². The first-order valence-electron chi connectivity index (χ1n) is 5.46. The molecule has 0 fully saturated rings. The highest BCUT2D eigenvalue weighted by atomic mass is 16.6. The third-order valence-electron chi connectivity index (χ3n) is 2.65. The van der Waals surface area contributed by atoms with Gasteiger partial charge in [-0.2, -0.15) is 0 Å². The van der Waals surface area contributed by atoms with Gasteiger partial charge in [-0.25, -0.2) is 0 Å². The van der Waals surface area contributed by atoms with Crippen molar-refractivity contribution in [2.45, 2.75) is 19.8 Å². The van der Waals surface area contributed by atoms with Crippen LogP contribution in [0, 0.1) is 16.0 Å². The van der Waals surface area contributed by atoms with Gasteiger partial charge in [0.25, 0.3) is 5.69 Å². The third kappa shape index (κ3) is 3.38. The molecule has 1 aromatic rings. The Morgan fingerprint density at radius 2 is 2.11 bits per heavy atom. The summed E-state index contributed by atoms with van der Waals surface area (Å²) in [5.74, 6) is -2.18. The Balaban J connectivity index is 2.87. The summed E-state index contributed by atoms with van der Waals surface area (Å²) >= 11 is 0. The molecule has 0 radical (unpaired) electrons. The van der Waals surface area contributed by atoms with E-state index < -0.39 is 22.6 Å². The Morgan fingerprint density at radius 3 is 2.61 bits per heavy atom. The number of nitro groups is 1. The van der Waals surface area contributed by atoms with Gasteiger partial charge in [0.15, 0.2) is 5.78 Å². The summed E-state index contributed by atoms with van der Waals surface area (Å²) in [7, 11) is 0. The molecule has 0 saturated carbocycles. The van der Waals surface area contributed by atoms with Crippen LogP contribution in [0.2, 0.25) is 0 Å². The fraction of sp³-hybridized carbons (Fsp3) is 0.333. The van der Waals surface area contributed by atoms with E-state index in [0.29, 0.717) is 6.42 Å². The highest BCUT2D eigenvalue weighted by Gasteiger charge is 2.21. The third-order valence-corrected chi connectivity index (χ3v) is 2.65. The van der Waals surface area contributed by atoms with Crippen molar-refractivity contribution >= 4 is 17.4 Å². The van der Waals surface area contributed by atoms with Crippen LogP contribution < -0.4 is 0 Å². The summed E-state index contributed by atoms with van der Waals surface area (Å²) in [5.41, 5.74) is -0.00637. The van der Waals surface area contributed by atoms with Crippen LogP contribution in [0.25, 0.3) is 0 Å². The number of hydrogen-bond donors (Lipinski definition) is 1. The number of nitro benzene ring substituents is 1. The highest BCUT2D eigenvalue weighted by molar-refractivity contribution is 5.98. The number of carbonyl (C=O) groups is 2. The number of benzene rings is 1. The quantitative estimate of drug-likeness (QED) is 0.475. The lowest BCUT2D eigenvalue weighted by atomic mass is 9.96. The summed E-state index contributed by atoms with van der Waals surface area (Å²) in [6, 6.07) is 5.30. The molecular formula is C12H13NO5. The second kappa shape index (κ2) is 5.90. The summed E-state index contributed by atoms with van der Waals surface area (Å²) in [6.07, 6.45) is 0.197. The molecule has 0 amide bonds. The Labute approximate surface area is 103 Å². The number of rotatable bonds is 6. The molecule has 1 N–H and O–H groups in total. The molecule has 0 aliphatic rings. The van der Waals surface area contributed by atoms with Crippen LogP contribution in [0.1, 0.15) is 30.1 Å². The van der Waals surface area contributed by atoms with Gasteiger partial charge in [-0.1, -0.05) is 19.1 Å². The standard InChI is InChI=1S/C12H13NO5/c1-2-8(12(15)16)7-11(14)9-4-3-5-10(6-9)13(17)18/h3-6,8H,2,7H2,1H3,(H,15,16). The maximum atomic E-state index is 11.8. The molecule has 0 aromatic heterocycles. The predicted octanol–water partition coefficient (Wildman–Crippen LogP) is 2.28. The first-order valence-corrected chi connectivity index (χ1v) is 5.46. The first-order chi connectivity index (χ1) is 8.45. The molecule has 1 unspecified atom stereocenters. The molecule has 0 heterocycles. The Kier molecular flexibility index (Phi) is 4.53. The molecule has 6 heteroatoms. The van der Waals surface area contributed by atoms with E-state index in [1.807, 2.05) is 0 Å². The lowest BCUT2D eigenvalue weighted by Gasteiger charge is -2.08. The van der Waals surface area contributed by atoms with Crippen LogP contribution in [0.5, 0.6) is 0 Å². The zero-order valence-corrected chi connectivity index (χ0v) is 9.83. The summed E-state index contributed by atoms with van der Waals surface area (Å²) in [5, 5.41) is 19.4. The minimum atomic E-state index is -1.03. The van der Waals surface area contributed by atoms with Crippen LogP contribution in [0.4, 0.5) is 5.69 Å². The average molecular weight is 251 g/mol. The number of aliphatic carboxylic acids is 1. The molecule has 6 nitrogen and oxygen atoms in total. The van der Waals surface area contributed by atoms with Crippen LogP contribution in [-0.4, -0.2) is 21.8 Å². The molecule has 1 aromatic carbocycles. The average Bonchev–Trinajstić information content (AvgIpc) is 2.35. The van der Waals surface area contributed by atoms with Gasteiger partial charge < -0.3 is 5.11 Å². The number of carbonyl (C=O) groups excluding carboxylic acids is 1. The normalized spacial score (nSPS) is 11.8. The maximum absolute atomic E-state index is 11.8. The molecule has 0 aliphatic heterocycles. The molecule has 1 rings (SSSR count). The van der Waals surface area contributed by atoms with E-state index >= 15 is 0 Å². The van der Waals surface area contributed by atoms with Crippen LogP contribution >= 0.6 is 0 Å². The fourth-order valence-electron chi connectivity index (χ4n) is 1.54. The van der Waals surface area contributed by atoms with Gasteiger partial charge >= 0.3 is 5.97 Å². The Morgan fingerprint density at radius 1 is 1.44 bits per heavy atom. The Hall–Kier alpha value is -2.24. The highest BCUT2D eigenvalue weighted by Crippen LogP contribution is 2.18. The van der Waals surface area contributed by atoms with E-state index in [9.17, 15) is 19.7 Å². The minimum Gasteiger partial charge on any atom is -0.481 e. The zero-order chi connectivity index (χ0) is 13.7. The van der Waals surface area contributed by atoms with Crippen molar-refractivity contribution < 1.29 is 19.6 Å². The lowest BCUT2D eigenvalue weighted by molar-refractivity contribution is -0.384. The number of ketones is 1. The molecule has 0 saturated heterocycles. The number of hydrogen-bond acceptors (Lipinski definition) is 4. The van der Waals surface area contributed by atoms with E-state index in [-0.39, 0.29) is 17.7 Å². The molecule has 1 atom stereocenters. The summed E-state index contributed by atoms with van der Waals surface area (Å²) in [6.45, 7) is 1.68. The van der Waals surface area contributed by atoms with Gasteiger partial charge in [0.1, 0.15) is 0 Å². The SMILES string of the molecule is CCC(CC(=O)c1cccc([N+](=O)[O-])c1)C(=O)O. The second-order valence-electron chi connectivity index (χ2n) is 3.88. The smallest absolute Gasteiger partial charge is 0.306 e. The van der Waals surface area contributed by atoms with E-state index in [0.717, 1.165) is 6.07 Å². The lowest BCUT2D eigenvalue weighted by Crippen LogP contribution is -2.17. The van der Waals surface area contributed by atoms with Gasteiger partial charge in [-0.05, 0) is 6.42 Å². The maximum Gasteiger partial charge on any atom is 0.306 e. The fourth-order valence-corrected chi connectivity index (χ4v) is 1.54. The molecule has 0 bridgehead atoms.